The fourth-order valence-corrected chi connectivity index (χ4v) is 3.76. The van der Waals surface area contributed by atoms with Crippen LogP contribution < -0.4 is 10.6 Å². The molecule has 0 saturated carbocycles. The highest BCUT2D eigenvalue weighted by atomic mass is 19.1. The van der Waals surface area contributed by atoms with Gasteiger partial charge in [-0.15, -0.1) is 0 Å². The molecule has 150 valence electrons. The van der Waals surface area contributed by atoms with Crippen LogP contribution in [0.1, 0.15) is 29.5 Å². The number of hydrogen-bond donors (Lipinski definition) is 2. The molecule has 2 aromatic carbocycles. The Bertz CT molecular complexity index is 763. The summed E-state index contributed by atoms with van der Waals surface area (Å²) in [5, 5.41) is 6.01. The Labute approximate surface area is 167 Å². The molecule has 3 rings (SSSR count). The second kappa shape index (κ2) is 9.69. The van der Waals surface area contributed by atoms with E-state index >= 15 is 0 Å². The average Bonchev–Trinajstić information content (AvgIpc) is 2.70. The summed E-state index contributed by atoms with van der Waals surface area (Å²) in [6, 6.07) is 12.7. The molecule has 2 aromatic rings. The van der Waals surface area contributed by atoms with Crippen molar-refractivity contribution in [1.29, 1.82) is 0 Å². The van der Waals surface area contributed by atoms with Crippen molar-refractivity contribution in [3.05, 3.63) is 65.0 Å². The van der Waals surface area contributed by atoms with Crippen molar-refractivity contribution < 1.29 is 9.18 Å². The summed E-state index contributed by atoms with van der Waals surface area (Å²) in [6.07, 6.45) is 3.13. The smallest absolute Gasteiger partial charge is 0.319 e. The minimum absolute atomic E-state index is 0.129. The number of para-hydroxylation sites is 1. The molecule has 0 atom stereocenters. The molecule has 28 heavy (non-hydrogen) atoms. The lowest BCUT2D eigenvalue weighted by atomic mass is 9.96. The summed E-state index contributed by atoms with van der Waals surface area (Å²) in [7, 11) is 0. The number of halogens is 1. The molecule has 0 unspecified atom stereocenters. The Balaban J connectivity index is 1.36. The number of nitrogens with zero attached hydrogens (tertiary/aromatic N) is 1. The van der Waals surface area contributed by atoms with E-state index in [0.29, 0.717) is 12.5 Å². The van der Waals surface area contributed by atoms with E-state index in [9.17, 15) is 9.18 Å². The van der Waals surface area contributed by atoms with Crippen molar-refractivity contribution in [3.8, 4) is 0 Å². The van der Waals surface area contributed by atoms with E-state index in [1.54, 1.807) is 0 Å². The van der Waals surface area contributed by atoms with E-state index in [2.05, 4.69) is 15.5 Å². The van der Waals surface area contributed by atoms with Gasteiger partial charge in [-0.05, 0) is 80.9 Å². The van der Waals surface area contributed by atoms with E-state index < -0.39 is 0 Å². The molecule has 0 aliphatic carbocycles. The maximum Gasteiger partial charge on any atom is 0.319 e. The molecule has 1 aliphatic rings. The zero-order chi connectivity index (χ0) is 19.9. The Hall–Kier alpha value is -2.40. The molecule has 0 radical (unpaired) electrons. The Morgan fingerprint density at radius 3 is 2.36 bits per heavy atom. The van der Waals surface area contributed by atoms with Gasteiger partial charge in [-0.3, -0.25) is 0 Å². The number of anilines is 1. The number of nitrogens with one attached hydrogen (secondary N) is 2. The van der Waals surface area contributed by atoms with Gasteiger partial charge in [0.05, 0.1) is 0 Å². The summed E-state index contributed by atoms with van der Waals surface area (Å²) in [5.41, 5.74) is 4.22. The number of carbonyl (C=O) groups excluding carboxylic acids is 1. The second-order valence-electron chi connectivity index (χ2n) is 7.76. The van der Waals surface area contributed by atoms with Gasteiger partial charge in [0.15, 0.2) is 0 Å². The van der Waals surface area contributed by atoms with Gasteiger partial charge in [-0.2, -0.15) is 0 Å². The van der Waals surface area contributed by atoms with Crippen LogP contribution in [-0.4, -0.2) is 37.1 Å². The molecule has 0 aromatic heterocycles. The van der Waals surface area contributed by atoms with Gasteiger partial charge >= 0.3 is 6.03 Å². The summed E-state index contributed by atoms with van der Waals surface area (Å²) in [5.74, 6) is 0.337. The van der Waals surface area contributed by atoms with Crippen LogP contribution in [0.5, 0.6) is 0 Å². The molecule has 1 fully saturated rings. The molecule has 4 nitrogen and oxygen atoms in total. The zero-order valence-electron chi connectivity index (χ0n) is 16.8. The fourth-order valence-electron chi connectivity index (χ4n) is 3.76. The monoisotopic (exact) mass is 383 g/mol. The third kappa shape index (κ3) is 5.80. The minimum atomic E-state index is -0.182. The number of amides is 2. The lowest BCUT2D eigenvalue weighted by Crippen LogP contribution is -2.40. The van der Waals surface area contributed by atoms with E-state index in [4.69, 9.17) is 0 Å². The summed E-state index contributed by atoms with van der Waals surface area (Å²) >= 11 is 0. The van der Waals surface area contributed by atoms with Crippen LogP contribution in [0.25, 0.3) is 0 Å². The highest BCUT2D eigenvalue weighted by molar-refractivity contribution is 5.90. The predicted octanol–water partition coefficient (Wildman–Crippen LogP) is 4.52. The number of hydrogen-bond acceptors (Lipinski definition) is 2. The van der Waals surface area contributed by atoms with Crippen molar-refractivity contribution in [2.75, 3.05) is 31.5 Å². The number of rotatable bonds is 6. The topological polar surface area (TPSA) is 44.4 Å². The molecular formula is C23H30FN3O. The second-order valence-corrected chi connectivity index (χ2v) is 7.76. The maximum atomic E-state index is 13.0. The SMILES string of the molecule is Cc1cccc(C)c1NC(=O)NCC1CCN(CCc2ccc(F)cc2)CC1. The van der Waals surface area contributed by atoms with Crippen molar-refractivity contribution in [3.63, 3.8) is 0 Å². The van der Waals surface area contributed by atoms with Crippen molar-refractivity contribution >= 4 is 11.7 Å². The number of carbonyl (C=O) groups is 1. The molecule has 0 spiro atoms. The van der Waals surface area contributed by atoms with Crippen LogP contribution in [0.4, 0.5) is 14.9 Å². The molecule has 2 amide bonds. The highest BCUT2D eigenvalue weighted by Gasteiger charge is 2.19. The Morgan fingerprint density at radius 1 is 1.07 bits per heavy atom. The van der Waals surface area contributed by atoms with E-state index in [0.717, 1.165) is 55.7 Å². The molecule has 1 saturated heterocycles. The van der Waals surface area contributed by atoms with Crippen molar-refractivity contribution in [2.45, 2.75) is 33.1 Å². The van der Waals surface area contributed by atoms with Crippen LogP contribution in [0.15, 0.2) is 42.5 Å². The molecule has 2 N–H and O–H groups in total. The molecule has 5 heteroatoms. The van der Waals surface area contributed by atoms with Gasteiger partial charge in [0.25, 0.3) is 0 Å². The van der Waals surface area contributed by atoms with E-state index in [-0.39, 0.29) is 11.8 Å². The average molecular weight is 384 g/mol. The Kier molecular flexibility index (Phi) is 7.04. The number of urea groups is 1. The van der Waals surface area contributed by atoms with Gasteiger partial charge in [0, 0.05) is 18.8 Å². The first-order valence-electron chi connectivity index (χ1n) is 10.1. The zero-order valence-corrected chi connectivity index (χ0v) is 16.8. The normalized spacial score (nSPS) is 15.4. The maximum absolute atomic E-state index is 13.0. The van der Waals surface area contributed by atoms with Gasteiger partial charge in [-0.25, -0.2) is 9.18 Å². The van der Waals surface area contributed by atoms with Gasteiger partial charge in [0.1, 0.15) is 5.82 Å². The van der Waals surface area contributed by atoms with Crippen LogP contribution in [0.2, 0.25) is 0 Å². The molecule has 1 aliphatic heterocycles. The largest absolute Gasteiger partial charge is 0.338 e. The molecular weight excluding hydrogens is 353 g/mol. The van der Waals surface area contributed by atoms with Crippen molar-refractivity contribution in [2.24, 2.45) is 5.92 Å². The fraction of sp³-hybridized carbons (Fsp3) is 0.435. The van der Waals surface area contributed by atoms with E-state index in [1.165, 1.54) is 17.7 Å². The first kappa shape index (κ1) is 20.3. The molecule has 1 heterocycles. The van der Waals surface area contributed by atoms with Gasteiger partial charge in [0.2, 0.25) is 0 Å². The number of piperidine rings is 1. The summed E-state index contributed by atoms with van der Waals surface area (Å²) in [4.78, 5) is 14.7. The van der Waals surface area contributed by atoms with Crippen LogP contribution in [-0.2, 0) is 6.42 Å². The Morgan fingerprint density at radius 2 is 1.71 bits per heavy atom. The first-order chi connectivity index (χ1) is 13.5. The standard InChI is InChI=1S/C23H30FN3O/c1-17-4-3-5-18(2)22(17)26-23(28)25-16-20-11-14-27(15-12-20)13-10-19-6-8-21(24)9-7-19/h3-9,20H,10-16H2,1-2H3,(H2,25,26,28). The van der Waals surface area contributed by atoms with Crippen LogP contribution in [0, 0.1) is 25.6 Å². The quantitative estimate of drug-likeness (QED) is 0.770. The van der Waals surface area contributed by atoms with E-state index in [1.807, 2.05) is 44.2 Å². The minimum Gasteiger partial charge on any atom is -0.338 e. The van der Waals surface area contributed by atoms with Crippen molar-refractivity contribution in [1.82, 2.24) is 10.2 Å². The number of likely N-dealkylation sites (tertiary alicyclic amines) is 1. The summed E-state index contributed by atoms with van der Waals surface area (Å²) < 4.78 is 13.0. The van der Waals surface area contributed by atoms with Crippen LogP contribution in [0.3, 0.4) is 0 Å². The first-order valence-corrected chi connectivity index (χ1v) is 10.1. The summed E-state index contributed by atoms with van der Waals surface area (Å²) in [6.45, 7) is 7.81. The predicted molar refractivity (Wildman–Crippen MR) is 112 cm³/mol. The number of benzene rings is 2. The lowest BCUT2D eigenvalue weighted by Gasteiger charge is -2.32. The number of aryl methyl sites for hydroxylation is 2. The molecule has 0 bridgehead atoms. The van der Waals surface area contributed by atoms with Crippen LogP contribution >= 0.6 is 0 Å². The van der Waals surface area contributed by atoms with Gasteiger partial charge < -0.3 is 15.5 Å². The third-order valence-electron chi connectivity index (χ3n) is 5.61. The highest BCUT2D eigenvalue weighted by Crippen LogP contribution is 2.20. The lowest BCUT2D eigenvalue weighted by molar-refractivity contribution is 0.184. The van der Waals surface area contributed by atoms with Gasteiger partial charge in [-0.1, -0.05) is 30.3 Å². The third-order valence-corrected chi connectivity index (χ3v) is 5.61.